The normalized spacial score (nSPS) is 10.2. The number of ether oxygens (including phenoxy) is 1. The Hall–Kier alpha value is -1.68. The van der Waals surface area contributed by atoms with Crippen molar-refractivity contribution >= 4 is 21.7 Å². The van der Waals surface area contributed by atoms with Gasteiger partial charge < -0.3 is 4.74 Å². The molecule has 0 fully saturated rings. The first-order chi connectivity index (χ1) is 8.63. The Morgan fingerprint density at radius 1 is 1.22 bits per heavy atom. The molecule has 18 heavy (non-hydrogen) atoms. The molecule has 92 valence electrons. The smallest absolute Gasteiger partial charge is 0.196 e. The summed E-state index contributed by atoms with van der Waals surface area (Å²) in [6, 6.07) is 11.3. The van der Waals surface area contributed by atoms with Crippen molar-refractivity contribution in [3.63, 3.8) is 0 Å². The van der Waals surface area contributed by atoms with Crippen LogP contribution in [0.15, 0.2) is 46.9 Å². The molecule has 0 unspecified atom stereocenters. The Morgan fingerprint density at radius 2 is 1.94 bits per heavy atom. The molecule has 0 aromatic heterocycles. The molecule has 0 saturated carbocycles. The summed E-state index contributed by atoms with van der Waals surface area (Å²) in [6.07, 6.45) is 0. The van der Waals surface area contributed by atoms with Crippen LogP contribution in [0.2, 0.25) is 0 Å². The topological polar surface area (TPSA) is 26.3 Å². The molecule has 2 nitrogen and oxygen atoms in total. The Kier molecular flexibility index (Phi) is 3.77. The highest BCUT2D eigenvalue weighted by Gasteiger charge is 2.17. The molecule has 0 aliphatic heterocycles. The number of halogens is 2. The first kappa shape index (κ1) is 12.8. The van der Waals surface area contributed by atoms with Crippen LogP contribution in [-0.4, -0.2) is 12.9 Å². The van der Waals surface area contributed by atoms with Gasteiger partial charge in [0.05, 0.1) is 12.7 Å². The van der Waals surface area contributed by atoms with E-state index in [4.69, 9.17) is 4.74 Å². The lowest BCUT2D eigenvalue weighted by Gasteiger charge is -2.06. The number of carbonyl (C=O) groups excluding carboxylic acids is 1. The van der Waals surface area contributed by atoms with Crippen molar-refractivity contribution in [3.8, 4) is 5.75 Å². The molecule has 0 aliphatic rings. The third kappa shape index (κ3) is 2.43. The van der Waals surface area contributed by atoms with E-state index in [0.29, 0.717) is 5.56 Å². The van der Waals surface area contributed by atoms with Gasteiger partial charge in [0.2, 0.25) is 0 Å². The standard InChI is InChI=1S/C14H10BrFO2/c1-18-12-7-3-6-11(13(12)16)14(17)9-4-2-5-10(15)8-9/h2-8H,1H3. The zero-order valence-electron chi connectivity index (χ0n) is 9.61. The molecule has 2 aromatic carbocycles. The molecule has 0 atom stereocenters. The lowest BCUT2D eigenvalue weighted by molar-refractivity contribution is 0.103. The molecule has 0 radical (unpaired) electrons. The van der Waals surface area contributed by atoms with Gasteiger partial charge in [0.25, 0.3) is 0 Å². The van der Waals surface area contributed by atoms with E-state index in [1.54, 1.807) is 30.3 Å². The maximum Gasteiger partial charge on any atom is 0.196 e. The summed E-state index contributed by atoms with van der Waals surface area (Å²) < 4.78 is 19.6. The number of rotatable bonds is 3. The summed E-state index contributed by atoms with van der Waals surface area (Å²) in [7, 11) is 1.37. The lowest BCUT2D eigenvalue weighted by Crippen LogP contribution is -2.05. The number of methoxy groups -OCH3 is 1. The minimum absolute atomic E-state index is 0.00690. The van der Waals surface area contributed by atoms with Crippen molar-refractivity contribution in [1.82, 2.24) is 0 Å². The fraction of sp³-hybridized carbons (Fsp3) is 0.0714. The summed E-state index contributed by atoms with van der Waals surface area (Å²) in [5.74, 6) is -0.937. The Morgan fingerprint density at radius 3 is 2.61 bits per heavy atom. The quantitative estimate of drug-likeness (QED) is 0.806. The van der Waals surface area contributed by atoms with E-state index in [0.717, 1.165) is 4.47 Å². The van der Waals surface area contributed by atoms with E-state index in [-0.39, 0.29) is 17.1 Å². The van der Waals surface area contributed by atoms with Crippen LogP contribution in [0, 0.1) is 5.82 Å². The molecule has 4 heteroatoms. The van der Waals surface area contributed by atoms with Gasteiger partial charge in [-0.15, -0.1) is 0 Å². The van der Waals surface area contributed by atoms with E-state index >= 15 is 0 Å². The van der Waals surface area contributed by atoms with E-state index in [2.05, 4.69) is 15.9 Å². The zero-order chi connectivity index (χ0) is 13.1. The average Bonchev–Trinajstić information content (AvgIpc) is 2.38. The molecule has 2 rings (SSSR count). The van der Waals surface area contributed by atoms with Gasteiger partial charge in [-0.1, -0.05) is 34.1 Å². The average molecular weight is 309 g/mol. The van der Waals surface area contributed by atoms with E-state index in [1.807, 2.05) is 0 Å². The molecule has 0 saturated heterocycles. The second-order valence-electron chi connectivity index (χ2n) is 3.66. The van der Waals surface area contributed by atoms with Crippen molar-refractivity contribution < 1.29 is 13.9 Å². The van der Waals surface area contributed by atoms with Gasteiger partial charge in [-0.25, -0.2) is 4.39 Å². The summed E-state index contributed by atoms with van der Waals surface area (Å²) in [5.41, 5.74) is 0.434. The van der Waals surface area contributed by atoms with Gasteiger partial charge >= 0.3 is 0 Å². The van der Waals surface area contributed by atoms with E-state index < -0.39 is 5.82 Å². The third-order valence-electron chi connectivity index (χ3n) is 2.51. The minimum atomic E-state index is -0.634. The number of hydrogen-bond acceptors (Lipinski definition) is 2. The van der Waals surface area contributed by atoms with Crippen molar-refractivity contribution in [2.24, 2.45) is 0 Å². The lowest BCUT2D eigenvalue weighted by atomic mass is 10.0. The number of ketones is 1. The second kappa shape index (κ2) is 5.31. The fourth-order valence-corrected chi connectivity index (χ4v) is 2.03. The van der Waals surface area contributed by atoms with Gasteiger partial charge in [-0.05, 0) is 24.3 Å². The molecule has 0 aliphatic carbocycles. The number of hydrogen-bond donors (Lipinski definition) is 0. The van der Waals surface area contributed by atoms with Crippen LogP contribution < -0.4 is 4.74 Å². The minimum Gasteiger partial charge on any atom is -0.494 e. The summed E-state index contributed by atoms with van der Waals surface area (Å²) in [5, 5.41) is 0. The van der Waals surface area contributed by atoms with Crippen molar-refractivity contribution in [2.75, 3.05) is 7.11 Å². The van der Waals surface area contributed by atoms with Crippen molar-refractivity contribution in [2.45, 2.75) is 0 Å². The van der Waals surface area contributed by atoms with E-state index in [9.17, 15) is 9.18 Å². The molecule has 0 spiro atoms. The number of carbonyl (C=O) groups is 1. The summed E-state index contributed by atoms with van der Waals surface area (Å²) >= 11 is 3.28. The molecular weight excluding hydrogens is 299 g/mol. The Balaban J connectivity index is 2.46. The molecular formula is C14H10BrFO2. The van der Waals surface area contributed by atoms with Gasteiger partial charge in [-0.3, -0.25) is 4.79 Å². The highest BCUT2D eigenvalue weighted by atomic mass is 79.9. The van der Waals surface area contributed by atoms with Crippen molar-refractivity contribution in [3.05, 3.63) is 63.9 Å². The van der Waals surface area contributed by atoms with Crippen molar-refractivity contribution in [1.29, 1.82) is 0 Å². The maximum atomic E-state index is 14.0. The first-order valence-corrected chi connectivity index (χ1v) is 6.05. The number of benzene rings is 2. The molecule has 0 bridgehead atoms. The maximum absolute atomic E-state index is 14.0. The summed E-state index contributed by atoms with van der Waals surface area (Å²) in [4.78, 5) is 12.2. The second-order valence-corrected chi connectivity index (χ2v) is 4.58. The molecule has 0 N–H and O–H groups in total. The van der Waals surface area contributed by atoms with Gasteiger partial charge in [0.1, 0.15) is 0 Å². The van der Waals surface area contributed by atoms with Crippen LogP contribution in [0.1, 0.15) is 15.9 Å². The fourth-order valence-electron chi connectivity index (χ4n) is 1.63. The first-order valence-electron chi connectivity index (χ1n) is 5.26. The van der Waals surface area contributed by atoms with Gasteiger partial charge in [0.15, 0.2) is 17.3 Å². The molecule has 0 amide bonds. The van der Waals surface area contributed by atoms with Gasteiger partial charge in [0, 0.05) is 10.0 Å². The Labute approximate surface area is 113 Å². The van der Waals surface area contributed by atoms with Crippen LogP contribution in [-0.2, 0) is 0 Å². The molecule has 0 heterocycles. The predicted octanol–water partition coefficient (Wildman–Crippen LogP) is 3.83. The molecule has 2 aromatic rings. The van der Waals surface area contributed by atoms with Gasteiger partial charge in [-0.2, -0.15) is 0 Å². The van der Waals surface area contributed by atoms with Crippen LogP contribution >= 0.6 is 15.9 Å². The highest BCUT2D eigenvalue weighted by molar-refractivity contribution is 9.10. The zero-order valence-corrected chi connectivity index (χ0v) is 11.2. The predicted molar refractivity (Wildman–Crippen MR) is 70.5 cm³/mol. The van der Waals surface area contributed by atoms with Crippen LogP contribution in [0.25, 0.3) is 0 Å². The van der Waals surface area contributed by atoms with Crippen LogP contribution in [0.5, 0.6) is 5.75 Å². The largest absolute Gasteiger partial charge is 0.494 e. The Bertz CT molecular complexity index is 596. The SMILES string of the molecule is COc1cccc(C(=O)c2cccc(Br)c2)c1F. The van der Waals surface area contributed by atoms with Crippen LogP contribution in [0.4, 0.5) is 4.39 Å². The summed E-state index contributed by atoms with van der Waals surface area (Å²) in [6.45, 7) is 0. The third-order valence-corrected chi connectivity index (χ3v) is 3.01. The van der Waals surface area contributed by atoms with Crippen LogP contribution in [0.3, 0.4) is 0 Å². The highest BCUT2D eigenvalue weighted by Crippen LogP contribution is 2.23. The monoisotopic (exact) mass is 308 g/mol. The van der Waals surface area contributed by atoms with E-state index in [1.165, 1.54) is 19.2 Å².